The number of ketones is 1. The van der Waals surface area contributed by atoms with Crippen LogP contribution in [-0.2, 0) is 14.3 Å². The highest BCUT2D eigenvalue weighted by Crippen LogP contribution is 2.38. The van der Waals surface area contributed by atoms with Crippen LogP contribution in [0, 0.1) is 0 Å². The number of aliphatic hydroxyl groups is 1. The third-order valence-corrected chi connectivity index (χ3v) is 6.28. The number of morpholine rings is 1. The van der Waals surface area contributed by atoms with Gasteiger partial charge in [-0.2, -0.15) is 0 Å². The van der Waals surface area contributed by atoms with E-state index in [9.17, 15) is 14.7 Å². The van der Waals surface area contributed by atoms with Crippen molar-refractivity contribution in [3.05, 3.63) is 83.1 Å². The van der Waals surface area contributed by atoms with E-state index in [2.05, 4.69) is 4.90 Å². The molecule has 184 valence electrons. The number of hydrogen-bond acceptors (Lipinski definition) is 6. The number of hydrogen-bond donors (Lipinski definition) is 1. The largest absolute Gasteiger partial charge is 0.503 e. The number of ether oxygens (including phenoxy) is 2. The van der Waals surface area contributed by atoms with E-state index >= 15 is 0 Å². The Bertz CT molecular complexity index is 1070. The molecule has 1 fully saturated rings. The van der Waals surface area contributed by atoms with Crippen LogP contribution in [0.5, 0.6) is 5.75 Å². The van der Waals surface area contributed by atoms with Gasteiger partial charge in [0.05, 0.1) is 31.4 Å². The molecule has 0 saturated carbocycles. The molecule has 0 radical (unpaired) electrons. The SMILES string of the molecule is CCOc1ccc(C2C(C(=O)C=Cc3ccccc3)=C(O)C(=O)N2CCCN2CCOCC2)cc1. The lowest BCUT2D eigenvalue weighted by molar-refractivity contribution is -0.129. The maximum absolute atomic E-state index is 13.3. The minimum Gasteiger partial charge on any atom is -0.503 e. The standard InChI is InChI=1S/C28H32N2O5/c1-2-35-23-12-10-22(11-13-23)26-25(24(31)14-9-21-7-4-3-5-8-21)27(32)28(33)30(26)16-6-15-29-17-19-34-20-18-29/h3-5,7-14,26,32H,2,6,15-20H2,1H3. The van der Waals surface area contributed by atoms with Crippen molar-refractivity contribution in [1.29, 1.82) is 0 Å². The summed E-state index contributed by atoms with van der Waals surface area (Å²) in [4.78, 5) is 30.3. The van der Waals surface area contributed by atoms with Gasteiger partial charge in [-0.25, -0.2) is 0 Å². The van der Waals surface area contributed by atoms with Gasteiger partial charge in [0.2, 0.25) is 0 Å². The van der Waals surface area contributed by atoms with Crippen molar-refractivity contribution >= 4 is 17.8 Å². The number of benzene rings is 2. The summed E-state index contributed by atoms with van der Waals surface area (Å²) in [7, 11) is 0. The van der Waals surface area contributed by atoms with Crippen molar-refractivity contribution in [1.82, 2.24) is 9.80 Å². The van der Waals surface area contributed by atoms with E-state index in [0.717, 1.165) is 37.2 Å². The van der Waals surface area contributed by atoms with Crippen LogP contribution < -0.4 is 4.74 Å². The molecule has 2 heterocycles. The minimum atomic E-state index is -0.657. The summed E-state index contributed by atoms with van der Waals surface area (Å²) < 4.78 is 11.0. The van der Waals surface area contributed by atoms with E-state index < -0.39 is 17.7 Å². The highest BCUT2D eigenvalue weighted by atomic mass is 16.5. The van der Waals surface area contributed by atoms with Crippen molar-refractivity contribution < 1.29 is 24.2 Å². The molecule has 2 aromatic carbocycles. The van der Waals surface area contributed by atoms with Gasteiger partial charge >= 0.3 is 0 Å². The molecule has 1 saturated heterocycles. The number of carbonyl (C=O) groups excluding carboxylic acids is 2. The van der Waals surface area contributed by atoms with Crippen LogP contribution in [-0.4, -0.2) is 72.6 Å². The summed E-state index contributed by atoms with van der Waals surface area (Å²) in [5, 5.41) is 10.8. The zero-order valence-corrected chi connectivity index (χ0v) is 20.1. The fourth-order valence-electron chi connectivity index (χ4n) is 4.51. The molecule has 2 aliphatic rings. The molecule has 0 bridgehead atoms. The highest BCUT2D eigenvalue weighted by molar-refractivity contribution is 6.14. The second-order valence-corrected chi connectivity index (χ2v) is 8.58. The summed E-state index contributed by atoms with van der Waals surface area (Å²) in [6.07, 6.45) is 3.85. The monoisotopic (exact) mass is 476 g/mol. The fraction of sp³-hybridized carbons (Fsp3) is 0.357. The predicted molar refractivity (Wildman–Crippen MR) is 134 cm³/mol. The summed E-state index contributed by atoms with van der Waals surface area (Å²) >= 11 is 0. The van der Waals surface area contributed by atoms with Gasteiger partial charge in [-0.1, -0.05) is 48.5 Å². The summed E-state index contributed by atoms with van der Waals surface area (Å²) in [6, 6.07) is 16.2. The van der Waals surface area contributed by atoms with Gasteiger partial charge in [0.25, 0.3) is 5.91 Å². The Kier molecular flexibility index (Phi) is 8.34. The van der Waals surface area contributed by atoms with Crippen LogP contribution in [0.25, 0.3) is 6.08 Å². The lowest BCUT2D eigenvalue weighted by atomic mass is 9.95. The fourth-order valence-corrected chi connectivity index (χ4v) is 4.51. The van der Waals surface area contributed by atoms with Gasteiger partial charge in [0.15, 0.2) is 11.5 Å². The molecule has 1 atom stereocenters. The zero-order valence-electron chi connectivity index (χ0n) is 20.1. The molecule has 0 aliphatic carbocycles. The Balaban J connectivity index is 1.57. The first-order valence-electron chi connectivity index (χ1n) is 12.1. The first kappa shape index (κ1) is 24.7. The Hall–Kier alpha value is -3.42. The molecule has 2 aromatic rings. The smallest absolute Gasteiger partial charge is 0.290 e. The predicted octanol–water partition coefficient (Wildman–Crippen LogP) is 3.79. The molecule has 0 spiro atoms. The van der Waals surface area contributed by atoms with Crippen LogP contribution >= 0.6 is 0 Å². The average molecular weight is 477 g/mol. The van der Waals surface area contributed by atoms with Crippen LogP contribution in [0.3, 0.4) is 0 Å². The Morgan fingerprint density at radius 1 is 1.09 bits per heavy atom. The maximum Gasteiger partial charge on any atom is 0.290 e. The number of amides is 1. The van der Waals surface area contributed by atoms with Crippen molar-refractivity contribution in [2.45, 2.75) is 19.4 Å². The summed E-state index contributed by atoms with van der Waals surface area (Å²) in [5.74, 6) is -0.654. The van der Waals surface area contributed by atoms with Crippen LogP contribution in [0.4, 0.5) is 0 Å². The van der Waals surface area contributed by atoms with Crippen LogP contribution in [0.15, 0.2) is 72.0 Å². The second-order valence-electron chi connectivity index (χ2n) is 8.58. The van der Waals surface area contributed by atoms with E-state index in [1.54, 1.807) is 11.0 Å². The first-order chi connectivity index (χ1) is 17.1. The van der Waals surface area contributed by atoms with E-state index in [4.69, 9.17) is 9.47 Å². The average Bonchev–Trinajstić information content (AvgIpc) is 3.14. The number of rotatable bonds is 10. The van der Waals surface area contributed by atoms with Gasteiger partial charge in [0.1, 0.15) is 5.75 Å². The van der Waals surface area contributed by atoms with Crippen molar-refractivity contribution in [2.24, 2.45) is 0 Å². The molecule has 1 amide bonds. The molecular weight excluding hydrogens is 444 g/mol. The van der Waals surface area contributed by atoms with E-state index in [1.807, 2.05) is 61.5 Å². The Morgan fingerprint density at radius 3 is 2.49 bits per heavy atom. The topological polar surface area (TPSA) is 79.3 Å². The number of allylic oxidation sites excluding steroid dienone is 1. The molecule has 0 aromatic heterocycles. The van der Waals surface area contributed by atoms with Crippen LogP contribution in [0.1, 0.15) is 30.5 Å². The lowest BCUT2D eigenvalue weighted by Crippen LogP contribution is -2.39. The van der Waals surface area contributed by atoms with Crippen molar-refractivity contribution in [3.63, 3.8) is 0 Å². The van der Waals surface area contributed by atoms with Gasteiger partial charge in [-0.05, 0) is 42.7 Å². The lowest BCUT2D eigenvalue weighted by Gasteiger charge is -2.30. The zero-order chi connectivity index (χ0) is 24.6. The second kappa shape index (κ2) is 11.8. The number of carbonyl (C=O) groups is 2. The summed E-state index contributed by atoms with van der Waals surface area (Å²) in [6.45, 7) is 6.87. The summed E-state index contributed by atoms with van der Waals surface area (Å²) in [5.41, 5.74) is 1.73. The highest BCUT2D eigenvalue weighted by Gasteiger charge is 2.42. The normalized spacial score (nSPS) is 19.1. The number of aliphatic hydroxyl groups excluding tert-OH is 1. The van der Waals surface area contributed by atoms with Crippen LogP contribution in [0.2, 0.25) is 0 Å². The van der Waals surface area contributed by atoms with Crippen molar-refractivity contribution in [2.75, 3.05) is 46.0 Å². The Morgan fingerprint density at radius 2 is 1.80 bits per heavy atom. The maximum atomic E-state index is 13.3. The molecule has 2 aliphatic heterocycles. The van der Waals surface area contributed by atoms with Gasteiger partial charge < -0.3 is 19.5 Å². The molecule has 7 heteroatoms. The molecular formula is C28H32N2O5. The molecule has 35 heavy (non-hydrogen) atoms. The first-order valence-corrected chi connectivity index (χ1v) is 12.1. The third kappa shape index (κ3) is 5.99. The quantitative estimate of drug-likeness (QED) is 0.526. The molecule has 1 N–H and O–H groups in total. The van der Waals surface area contributed by atoms with Gasteiger partial charge in [-0.15, -0.1) is 0 Å². The molecule has 1 unspecified atom stereocenters. The van der Waals surface area contributed by atoms with E-state index in [1.165, 1.54) is 6.08 Å². The van der Waals surface area contributed by atoms with Crippen molar-refractivity contribution in [3.8, 4) is 5.75 Å². The van der Waals surface area contributed by atoms with Gasteiger partial charge in [0, 0.05) is 26.2 Å². The van der Waals surface area contributed by atoms with Gasteiger partial charge in [-0.3, -0.25) is 14.5 Å². The Labute approximate surface area is 206 Å². The number of nitrogens with zero attached hydrogens (tertiary/aromatic N) is 2. The van der Waals surface area contributed by atoms with E-state index in [-0.39, 0.29) is 11.4 Å². The molecule has 7 nitrogen and oxygen atoms in total. The van der Waals surface area contributed by atoms with E-state index in [0.29, 0.717) is 32.1 Å². The molecule has 4 rings (SSSR count). The minimum absolute atomic E-state index is 0.109. The third-order valence-electron chi connectivity index (χ3n) is 6.28.